The van der Waals surface area contributed by atoms with Crippen LogP contribution in [-0.2, 0) is 0 Å². The van der Waals surface area contributed by atoms with E-state index >= 15 is 0 Å². The fraction of sp³-hybridized carbons (Fsp3) is 1.00. The van der Waals surface area contributed by atoms with E-state index in [1.165, 1.54) is 0 Å². The van der Waals surface area contributed by atoms with Crippen molar-refractivity contribution < 1.29 is 72.4 Å². The van der Waals surface area contributed by atoms with Gasteiger partial charge in [-0.25, -0.2) is 13.2 Å². The summed E-state index contributed by atoms with van der Waals surface area (Å²) in [5, 5.41) is 27.1. The average Bonchev–Trinajstić information content (AvgIpc) is 2.46. The van der Waals surface area contributed by atoms with E-state index in [1.54, 1.807) is 0 Å². The number of hydrogen-bond acceptors (Lipinski definition) is 3. The minimum Gasteiger partial charge on any atom is -0.374 e. The van der Waals surface area contributed by atoms with Crippen LogP contribution in [0.15, 0.2) is 0 Å². The second kappa shape index (κ2) is 3.64. The molecule has 2 atom stereocenters. The third kappa shape index (κ3) is 0.969. The Morgan fingerprint density at radius 1 is 0.346 bits per heavy atom. The van der Waals surface area contributed by atoms with Gasteiger partial charge in [0.15, 0.2) is 0 Å². The molecule has 4 aliphatic carbocycles. The summed E-state index contributed by atoms with van der Waals surface area (Å²) in [7, 11) is 0. The van der Waals surface area contributed by atoms with Crippen LogP contribution in [0.1, 0.15) is 0 Å². The van der Waals surface area contributed by atoms with Gasteiger partial charge in [0.05, 0.1) is 0 Å². The fourth-order valence-corrected chi connectivity index (χ4v) is 3.91. The molecule has 0 aromatic rings. The van der Waals surface area contributed by atoms with Crippen LogP contribution in [-0.4, -0.2) is 73.3 Å². The predicted molar refractivity (Wildman–Crippen MR) is 48.4 cm³/mol. The number of hydrogen-bond donors (Lipinski definition) is 3. The molecule has 4 rings (SSSR count). The quantitative estimate of drug-likeness (QED) is 0.415. The molecule has 4 bridgehead atoms. The van der Waals surface area contributed by atoms with E-state index in [1.807, 2.05) is 0 Å². The first-order valence-electron chi connectivity index (χ1n) is 6.13. The Hall–Kier alpha value is -1.03. The average molecular weight is 418 g/mol. The molecule has 152 valence electrons. The summed E-state index contributed by atoms with van der Waals surface area (Å²) in [6.07, 6.45) is 0. The maximum Gasteiger partial charge on any atom is 0.339 e. The van der Waals surface area contributed by atoms with E-state index in [2.05, 4.69) is 0 Å². The molecule has 2 unspecified atom stereocenters. The molecule has 0 spiro atoms. The molecule has 0 amide bonds. The lowest BCUT2D eigenvalue weighted by Crippen LogP contribution is -3.10. The number of halogens is 13. The van der Waals surface area contributed by atoms with Crippen molar-refractivity contribution >= 4 is 0 Å². The second-order valence-electron chi connectivity index (χ2n) is 6.23. The maximum absolute atomic E-state index is 14.3. The summed E-state index contributed by atoms with van der Waals surface area (Å²) in [5.74, 6) is -44.5. The van der Waals surface area contributed by atoms with Crippen molar-refractivity contribution in [1.82, 2.24) is 0 Å². The summed E-state index contributed by atoms with van der Waals surface area (Å²) < 4.78 is 181. The Balaban J connectivity index is 2.71. The summed E-state index contributed by atoms with van der Waals surface area (Å²) >= 11 is 0. The molecule has 3 nitrogen and oxygen atoms in total. The number of rotatable bonds is 0. The van der Waals surface area contributed by atoms with E-state index < -0.39 is 58.0 Å². The molecule has 3 N–H and O–H groups in total. The molecule has 4 aliphatic rings. The van der Waals surface area contributed by atoms with E-state index in [4.69, 9.17) is 15.3 Å². The Kier molecular flexibility index (Phi) is 2.76. The minimum absolute atomic E-state index is 6.69. The van der Waals surface area contributed by atoms with Gasteiger partial charge < -0.3 is 15.3 Å². The molecule has 4 fully saturated rings. The van der Waals surface area contributed by atoms with Gasteiger partial charge in [-0.2, -0.15) is 43.9 Å². The maximum atomic E-state index is 14.3. The second-order valence-corrected chi connectivity index (χ2v) is 6.23. The van der Waals surface area contributed by atoms with E-state index in [9.17, 15) is 57.1 Å². The van der Waals surface area contributed by atoms with Crippen molar-refractivity contribution in [3.8, 4) is 0 Å². The van der Waals surface area contributed by atoms with Crippen LogP contribution in [0.2, 0.25) is 0 Å². The monoisotopic (exact) mass is 418 g/mol. The van der Waals surface area contributed by atoms with Crippen LogP contribution < -0.4 is 0 Å². The van der Waals surface area contributed by atoms with Gasteiger partial charge in [0.2, 0.25) is 0 Å². The predicted octanol–water partition coefficient (Wildman–Crippen LogP) is 1.74. The van der Waals surface area contributed by atoms with E-state index in [0.29, 0.717) is 0 Å². The molecule has 16 heteroatoms. The smallest absolute Gasteiger partial charge is 0.339 e. The SMILES string of the molecule is OC1(O)C2(O)C(F)(F)C3(F)C(F)(F)C1(F)C(F)(F)C(F)(C2(F)F)C3(F)F. The molecule has 0 heterocycles. The molecule has 0 aliphatic heterocycles. The van der Waals surface area contributed by atoms with Gasteiger partial charge >= 0.3 is 41.0 Å². The normalized spacial score (nSPS) is 53.5. The zero-order chi connectivity index (χ0) is 21.0. The van der Waals surface area contributed by atoms with Crippen molar-refractivity contribution in [2.75, 3.05) is 0 Å². The first-order valence-corrected chi connectivity index (χ1v) is 6.13. The van der Waals surface area contributed by atoms with Gasteiger partial charge in [-0.1, -0.05) is 0 Å². The zero-order valence-corrected chi connectivity index (χ0v) is 11.3. The van der Waals surface area contributed by atoms with Crippen molar-refractivity contribution in [2.24, 2.45) is 0 Å². The van der Waals surface area contributed by atoms with Crippen LogP contribution in [0.5, 0.6) is 0 Å². The van der Waals surface area contributed by atoms with Crippen molar-refractivity contribution in [3.63, 3.8) is 0 Å². The van der Waals surface area contributed by atoms with Crippen LogP contribution >= 0.6 is 0 Å². The van der Waals surface area contributed by atoms with Crippen LogP contribution in [0.4, 0.5) is 57.1 Å². The molecular formula is C10H3F13O3. The van der Waals surface area contributed by atoms with Gasteiger partial charge in [-0.05, 0) is 0 Å². The molecule has 4 saturated carbocycles. The van der Waals surface area contributed by atoms with Crippen molar-refractivity contribution in [1.29, 1.82) is 0 Å². The van der Waals surface area contributed by atoms with E-state index in [-0.39, 0.29) is 0 Å². The topological polar surface area (TPSA) is 60.7 Å². The van der Waals surface area contributed by atoms with Crippen molar-refractivity contribution in [3.05, 3.63) is 0 Å². The Labute approximate surface area is 132 Å². The molecule has 0 aromatic carbocycles. The number of alkyl halides is 13. The first kappa shape index (κ1) is 19.7. The largest absolute Gasteiger partial charge is 0.374 e. The van der Waals surface area contributed by atoms with Gasteiger partial charge in [-0.3, -0.25) is 0 Å². The fourth-order valence-electron chi connectivity index (χ4n) is 3.91. The van der Waals surface area contributed by atoms with Gasteiger partial charge in [0.1, 0.15) is 0 Å². The Bertz CT molecular complexity index is 518. The van der Waals surface area contributed by atoms with Crippen LogP contribution in [0, 0.1) is 0 Å². The van der Waals surface area contributed by atoms with Gasteiger partial charge in [-0.15, -0.1) is 0 Å². The first-order chi connectivity index (χ1) is 11.0. The van der Waals surface area contributed by atoms with Gasteiger partial charge in [0, 0.05) is 0 Å². The lowest BCUT2D eigenvalue weighted by atomic mass is 9.39. The van der Waals surface area contributed by atoms with Crippen LogP contribution in [0.25, 0.3) is 0 Å². The molecule has 0 aromatic heterocycles. The standard InChI is InChI=1S/C10H3F13O3/c11-1-5(14,15)2(12)7(18,19)3(13,6(1,16)17)10(25,26)4(24,8(1,20)21)9(2,22)23/h24-26H. The highest BCUT2D eigenvalue weighted by Crippen LogP contribution is 2.86. The van der Waals surface area contributed by atoms with Crippen molar-refractivity contribution in [2.45, 2.75) is 58.0 Å². The number of aliphatic hydroxyl groups is 3. The highest BCUT2D eigenvalue weighted by molar-refractivity contribution is 5.53. The third-order valence-corrected chi connectivity index (χ3v) is 5.35. The zero-order valence-electron chi connectivity index (χ0n) is 11.3. The Morgan fingerprint density at radius 2 is 0.577 bits per heavy atom. The summed E-state index contributed by atoms with van der Waals surface area (Å²) in [6.45, 7) is 0. The van der Waals surface area contributed by atoms with E-state index in [0.717, 1.165) is 0 Å². The highest BCUT2D eigenvalue weighted by atomic mass is 19.3. The highest BCUT2D eigenvalue weighted by Gasteiger charge is 3.22. The lowest BCUT2D eigenvalue weighted by molar-refractivity contribution is -0.631. The molecule has 26 heavy (non-hydrogen) atoms. The third-order valence-electron chi connectivity index (χ3n) is 5.35. The lowest BCUT2D eigenvalue weighted by Gasteiger charge is -2.75. The van der Waals surface area contributed by atoms with Crippen LogP contribution in [0.3, 0.4) is 0 Å². The summed E-state index contributed by atoms with van der Waals surface area (Å²) in [6, 6.07) is 0. The van der Waals surface area contributed by atoms with Gasteiger partial charge in [0.25, 0.3) is 17.1 Å². The molecular weight excluding hydrogens is 415 g/mol. The summed E-state index contributed by atoms with van der Waals surface area (Å²) in [5.41, 5.74) is -29.2. The summed E-state index contributed by atoms with van der Waals surface area (Å²) in [4.78, 5) is 0. The minimum atomic E-state index is -7.72. The molecule has 0 radical (unpaired) electrons. The Morgan fingerprint density at radius 3 is 0.846 bits per heavy atom. The molecule has 0 saturated heterocycles.